The van der Waals surface area contributed by atoms with Gasteiger partial charge in [0.15, 0.2) is 0 Å². The summed E-state index contributed by atoms with van der Waals surface area (Å²) in [5, 5.41) is 3.02. The monoisotopic (exact) mass is 370 g/mol. The van der Waals surface area contributed by atoms with Gasteiger partial charge >= 0.3 is 6.18 Å². The van der Waals surface area contributed by atoms with Crippen LogP contribution in [0.25, 0.3) is 10.6 Å². The summed E-state index contributed by atoms with van der Waals surface area (Å²) >= 11 is 1.60. The summed E-state index contributed by atoms with van der Waals surface area (Å²) in [5.41, 5.74) is 2.07. The van der Waals surface area contributed by atoms with E-state index in [1.807, 2.05) is 23.2 Å². The van der Waals surface area contributed by atoms with Crippen LogP contribution in [0.1, 0.15) is 39.3 Å². The van der Waals surface area contributed by atoms with Crippen LogP contribution in [-0.2, 0) is 5.41 Å². The van der Waals surface area contributed by atoms with E-state index in [-0.39, 0.29) is 18.3 Å². The molecule has 0 atom stereocenters. The second kappa shape index (κ2) is 6.59. The van der Waals surface area contributed by atoms with Crippen LogP contribution in [0.2, 0.25) is 0 Å². The van der Waals surface area contributed by atoms with Gasteiger partial charge in [-0.3, -0.25) is 4.90 Å². The largest absolute Gasteiger partial charge is 0.392 e. The van der Waals surface area contributed by atoms with Crippen molar-refractivity contribution in [1.82, 2.24) is 4.98 Å². The molecule has 0 aliphatic carbocycles. The lowest BCUT2D eigenvalue weighted by molar-refractivity contribution is -0.363. The van der Waals surface area contributed by atoms with E-state index in [9.17, 15) is 13.2 Å². The molecule has 1 aliphatic heterocycles. The van der Waals surface area contributed by atoms with Gasteiger partial charge < -0.3 is 0 Å². The van der Waals surface area contributed by atoms with Gasteiger partial charge in [0.1, 0.15) is 5.01 Å². The molecule has 2 aromatic heterocycles. The maximum atomic E-state index is 12.8. The van der Waals surface area contributed by atoms with Crippen molar-refractivity contribution in [2.24, 2.45) is 5.92 Å². The zero-order chi connectivity index (χ0) is 18.2. The molecule has 7 heteroatoms. The molecule has 3 nitrogen and oxygen atoms in total. The molecule has 1 N–H and O–H groups in total. The van der Waals surface area contributed by atoms with Crippen molar-refractivity contribution in [2.45, 2.75) is 45.2 Å². The number of H-pyrrole nitrogens is 1. The first kappa shape index (κ1) is 18.2. The van der Waals surface area contributed by atoms with E-state index in [0.717, 1.165) is 22.1 Å². The lowest BCUT2D eigenvalue weighted by atomic mass is 9.93. The Morgan fingerprint density at radius 3 is 2.32 bits per heavy atom. The number of hydrogen-bond acceptors (Lipinski definition) is 3. The van der Waals surface area contributed by atoms with Crippen molar-refractivity contribution in [1.29, 1.82) is 0 Å². The number of nitrogens with one attached hydrogen (secondary N) is 1. The van der Waals surface area contributed by atoms with E-state index in [2.05, 4.69) is 31.1 Å². The van der Waals surface area contributed by atoms with Gasteiger partial charge in [0.05, 0.1) is 30.9 Å². The standard InChI is InChI=1S/C18H22F3N3S/c1-17(2,3)14-11-25-16(23-14)12-4-5-15(22-10-12)24-8-6-13(7-9-24)18(19,20)21/h4-5,10-11,13H,6-9H2,1-3H3/p+1. The highest BCUT2D eigenvalue weighted by atomic mass is 32.1. The fourth-order valence-corrected chi connectivity index (χ4v) is 3.99. The van der Waals surface area contributed by atoms with Gasteiger partial charge in [-0.15, -0.1) is 11.3 Å². The summed E-state index contributed by atoms with van der Waals surface area (Å²) in [6.07, 6.45) is -1.88. The number of halogens is 3. The van der Waals surface area contributed by atoms with Gasteiger partial charge in [-0.2, -0.15) is 13.2 Å². The number of piperidine rings is 1. The Morgan fingerprint density at radius 2 is 1.84 bits per heavy atom. The Labute approximate surface area is 149 Å². The summed E-state index contributed by atoms with van der Waals surface area (Å²) in [7, 11) is 0. The average molecular weight is 370 g/mol. The zero-order valence-corrected chi connectivity index (χ0v) is 15.5. The van der Waals surface area contributed by atoms with Crippen LogP contribution in [0.5, 0.6) is 0 Å². The van der Waals surface area contributed by atoms with Crippen molar-refractivity contribution in [3.8, 4) is 10.6 Å². The Kier molecular flexibility index (Phi) is 4.79. The topological polar surface area (TPSA) is 30.3 Å². The quantitative estimate of drug-likeness (QED) is 0.767. The lowest BCUT2D eigenvalue weighted by Gasteiger charge is -2.28. The molecule has 0 unspecified atom stereocenters. The van der Waals surface area contributed by atoms with E-state index in [1.165, 1.54) is 0 Å². The summed E-state index contributed by atoms with van der Waals surface area (Å²) in [6, 6.07) is 3.91. The average Bonchev–Trinajstić information content (AvgIpc) is 3.05. The number of nitrogens with zero attached hydrogens (tertiary/aromatic N) is 2. The van der Waals surface area contributed by atoms with Crippen LogP contribution >= 0.6 is 11.3 Å². The number of hydrogen-bond donors (Lipinski definition) is 0. The molecule has 3 heterocycles. The van der Waals surface area contributed by atoms with Gasteiger partial charge in [-0.1, -0.05) is 20.8 Å². The Balaban J connectivity index is 1.68. The first-order chi connectivity index (χ1) is 11.6. The minimum Gasteiger partial charge on any atom is -0.262 e. The highest BCUT2D eigenvalue weighted by Gasteiger charge is 2.42. The van der Waals surface area contributed by atoms with E-state index in [0.29, 0.717) is 13.1 Å². The summed E-state index contributed by atoms with van der Waals surface area (Å²) in [5.74, 6) is -0.314. The SMILES string of the molecule is CC(C)(C)c1csc(-c2ccc(N3CCC(C(F)(F)F)CC3)[nH+]c2)n1. The van der Waals surface area contributed by atoms with Crippen LogP contribution in [-0.4, -0.2) is 24.2 Å². The second-order valence-corrected chi connectivity index (χ2v) is 8.41. The van der Waals surface area contributed by atoms with E-state index in [1.54, 1.807) is 11.3 Å². The number of thiazole rings is 1. The summed E-state index contributed by atoms with van der Waals surface area (Å²) in [4.78, 5) is 9.89. The lowest BCUT2D eigenvalue weighted by Crippen LogP contribution is -2.41. The van der Waals surface area contributed by atoms with Crippen molar-refractivity contribution < 1.29 is 18.2 Å². The fraction of sp³-hybridized carbons (Fsp3) is 0.556. The van der Waals surface area contributed by atoms with Gasteiger partial charge in [0.25, 0.3) is 5.82 Å². The number of pyridine rings is 1. The molecule has 0 spiro atoms. The number of aromatic nitrogens is 2. The summed E-state index contributed by atoms with van der Waals surface area (Å²) in [6.45, 7) is 7.24. The van der Waals surface area contributed by atoms with Crippen molar-refractivity contribution in [2.75, 3.05) is 18.0 Å². The van der Waals surface area contributed by atoms with Crippen LogP contribution < -0.4 is 9.88 Å². The third-order valence-corrected chi connectivity index (χ3v) is 5.51. The molecule has 1 aliphatic rings. The van der Waals surface area contributed by atoms with Crippen molar-refractivity contribution in [3.05, 3.63) is 29.4 Å². The maximum Gasteiger partial charge on any atom is 0.392 e. The van der Waals surface area contributed by atoms with E-state index < -0.39 is 12.1 Å². The molecular formula is C18H23F3N3S+. The fourth-order valence-electron chi connectivity index (χ4n) is 2.94. The Bertz CT molecular complexity index is 708. The second-order valence-electron chi connectivity index (χ2n) is 7.55. The molecule has 3 rings (SSSR count). The first-order valence-electron chi connectivity index (χ1n) is 8.44. The zero-order valence-electron chi connectivity index (χ0n) is 14.7. The third kappa shape index (κ3) is 4.14. The Morgan fingerprint density at radius 1 is 1.16 bits per heavy atom. The Hall–Kier alpha value is -1.63. The highest BCUT2D eigenvalue weighted by molar-refractivity contribution is 7.13. The normalized spacial score (nSPS) is 17.1. The van der Waals surface area contributed by atoms with Crippen LogP contribution in [0, 0.1) is 5.92 Å². The summed E-state index contributed by atoms with van der Waals surface area (Å²) < 4.78 is 38.3. The van der Waals surface area contributed by atoms with Crippen LogP contribution in [0.3, 0.4) is 0 Å². The predicted octanol–water partition coefficient (Wildman–Crippen LogP) is 4.70. The molecule has 1 saturated heterocycles. The molecule has 136 valence electrons. The number of rotatable bonds is 2. The minimum absolute atomic E-state index is 0.0151. The first-order valence-corrected chi connectivity index (χ1v) is 9.32. The van der Waals surface area contributed by atoms with Gasteiger partial charge in [0, 0.05) is 22.4 Å². The maximum absolute atomic E-state index is 12.8. The third-order valence-electron chi connectivity index (χ3n) is 4.61. The molecule has 0 radical (unpaired) electrons. The number of anilines is 1. The minimum atomic E-state index is -4.07. The molecule has 0 amide bonds. The number of aromatic amines is 1. The van der Waals surface area contributed by atoms with E-state index >= 15 is 0 Å². The van der Waals surface area contributed by atoms with Crippen molar-refractivity contribution in [3.63, 3.8) is 0 Å². The van der Waals surface area contributed by atoms with Crippen LogP contribution in [0.15, 0.2) is 23.7 Å². The molecule has 2 aromatic rings. The highest BCUT2D eigenvalue weighted by Crippen LogP contribution is 2.35. The van der Waals surface area contributed by atoms with Crippen molar-refractivity contribution >= 4 is 17.2 Å². The molecular weight excluding hydrogens is 347 g/mol. The molecule has 0 saturated carbocycles. The predicted molar refractivity (Wildman–Crippen MR) is 93.8 cm³/mol. The van der Waals surface area contributed by atoms with Gasteiger partial charge in [-0.25, -0.2) is 9.97 Å². The van der Waals surface area contributed by atoms with Gasteiger partial charge in [-0.05, 0) is 18.9 Å². The smallest absolute Gasteiger partial charge is 0.262 e. The van der Waals surface area contributed by atoms with E-state index in [4.69, 9.17) is 4.98 Å². The van der Waals surface area contributed by atoms with Gasteiger partial charge in [0.2, 0.25) is 0 Å². The molecule has 0 aromatic carbocycles. The van der Waals surface area contributed by atoms with Crippen LogP contribution in [0.4, 0.5) is 19.0 Å². The molecule has 1 fully saturated rings. The molecule has 0 bridgehead atoms. The molecule has 25 heavy (non-hydrogen) atoms. The number of alkyl halides is 3.